The summed E-state index contributed by atoms with van der Waals surface area (Å²) in [5.74, 6) is -1.02. The highest BCUT2D eigenvalue weighted by molar-refractivity contribution is 6.30. The number of halogens is 1. The summed E-state index contributed by atoms with van der Waals surface area (Å²) in [7, 11) is 0. The lowest BCUT2D eigenvalue weighted by atomic mass is 9.90. The first kappa shape index (κ1) is 17.1. The van der Waals surface area contributed by atoms with Gasteiger partial charge in [0.2, 0.25) is 5.91 Å². The molecule has 2 fully saturated rings. The van der Waals surface area contributed by atoms with E-state index in [9.17, 15) is 9.59 Å². The van der Waals surface area contributed by atoms with Crippen LogP contribution < -0.4 is 5.06 Å². The number of carbonyl (C=O) groups is 2. The number of nitrogens with zero attached hydrogens (tertiary/aromatic N) is 2. The van der Waals surface area contributed by atoms with E-state index in [0.29, 0.717) is 5.02 Å². The minimum Gasteiger partial charge on any atom is -0.277 e. The molecule has 6 heteroatoms. The summed E-state index contributed by atoms with van der Waals surface area (Å²) in [6.07, 6.45) is -0.800. The van der Waals surface area contributed by atoms with Crippen LogP contribution in [0.3, 0.4) is 0 Å². The highest BCUT2D eigenvalue weighted by atomic mass is 35.5. The van der Waals surface area contributed by atoms with Gasteiger partial charge in [0.25, 0.3) is 5.91 Å². The van der Waals surface area contributed by atoms with Crippen LogP contribution in [0.25, 0.3) is 0 Å². The van der Waals surface area contributed by atoms with Gasteiger partial charge in [0.15, 0.2) is 6.10 Å². The first-order valence-corrected chi connectivity index (χ1v) is 9.00. The van der Waals surface area contributed by atoms with E-state index in [1.165, 1.54) is 4.90 Å². The third-order valence-electron chi connectivity index (χ3n) is 4.89. The molecule has 2 heterocycles. The third-order valence-corrected chi connectivity index (χ3v) is 5.14. The Labute approximate surface area is 157 Å². The highest BCUT2D eigenvalue weighted by Gasteiger charge is 2.60. The molecule has 4 rings (SSSR count). The largest absolute Gasteiger partial charge is 0.277 e. The van der Waals surface area contributed by atoms with E-state index in [-0.39, 0.29) is 23.9 Å². The summed E-state index contributed by atoms with van der Waals surface area (Å²) in [6, 6.07) is 16.3. The number of hydrogen-bond acceptors (Lipinski definition) is 4. The second kappa shape index (κ2) is 6.41. The number of fused-ring (bicyclic) bond motifs is 1. The minimum atomic E-state index is -0.800. The van der Waals surface area contributed by atoms with Crippen molar-refractivity contribution in [1.29, 1.82) is 0 Å². The molecule has 0 spiro atoms. The van der Waals surface area contributed by atoms with Crippen molar-refractivity contribution in [1.82, 2.24) is 4.90 Å². The van der Waals surface area contributed by atoms with Gasteiger partial charge < -0.3 is 0 Å². The summed E-state index contributed by atoms with van der Waals surface area (Å²) < 4.78 is 0. The Bertz CT molecular complexity index is 838. The van der Waals surface area contributed by atoms with Crippen molar-refractivity contribution in [3.63, 3.8) is 0 Å². The zero-order valence-electron chi connectivity index (χ0n) is 14.5. The molecular formula is C20H19ClN2O3. The van der Waals surface area contributed by atoms with Crippen LogP contribution in [0.5, 0.6) is 0 Å². The van der Waals surface area contributed by atoms with E-state index in [2.05, 4.69) is 0 Å². The summed E-state index contributed by atoms with van der Waals surface area (Å²) >= 11 is 5.99. The van der Waals surface area contributed by atoms with Crippen molar-refractivity contribution in [2.75, 3.05) is 5.06 Å². The van der Waals surface area contributed by atoms with Crippen LogP contribution >= 0.6 is 11.6 Å². The molecule has 26 heavy (non-hydrogen) atoms. The summed E-state index contributed by atoms with van der Waals surface area (Å²) in [5, 5.41) is 2.29. The first-order valence-electron chi connectivity index (χ1n) is 8.62. The lowest BCUT2D eigenvalue weighted by Crippen LogP contribution is -2.41. The maximum absolute atomic E-state index is 13.0. The predicted octanol–water partition coefficient (Wildman–Crippen LogP) is 3.59. The van der Waals surface area contributed by atoms with Gasteiger partial charge in [-0.3, -0.25) is 19.3 Å². The smallest absolute Gasteiger partial charge is 0.262 e. The van der Waals surface area contributed by atoms with Crippen LogP contribution in [0, 0.1) is 5.92 Å². The topological polar surface area (TPSA) is 49.9 Å². The van der Waals surface area contributed by atoms with Gasteiger partial charge in [-0.2, -0.15) is 0 Å². The fourth-order valence-electron chi connectivity index (χ4n) is 3.75. The van der Waals surface area contributed by atoms with E-state index in [1.807, 2.05) is 56.3 Å². The molecule has 2 aliphatic heterocycles. The van der Waals surface area contributed by atoms with E-state index >= 15 is 0 Å². The van der Waals surface area contributed by atoms with Crippen LogP contribution in [0.4, 0.5) is 5.69 Å². The molecule has 2 saturated heterocycles. The molecule has 0 aliphatic carbocycles. The van der Waals surface area contributed by atoms with Crippen LogP contribution in [0.15, 0.2) is 54.6 Å². The SMILES string of the molecule is CC(C)N1C(=O)[C@H]2[C@H](ON(c3ccc(Cl)cc3)[C@@H]2c2ccccc2)C1=O. The summed E-state index contributed by atoms with van der Waals surface area (Å²) in [4.78, 5) is 33.2. The minimum absolute atomic E-state index is 0.180. The first-order chi connectivity index (χ1) is 12.5. The van der Waals surface area contributed by atoms with Gasteiger partial charge >= 0.3 is 0 Å². The lowest BCUT2D eigenvalue weighted by molar-refractivity contribution is -0.145. The van der Waals surface area contributed by atoms with Gasteiger partial charge in [-0.1, -0.05) is 41.9 Å². The van der Waals surface area contributed by atoms with E-state index in [1.54, 1.807) is 17.2 Å². The van der Waals surface area contributed by atoms with Gasteiger partial charge in [-0.15, -0.1) is 0 Å². The molecule has 0 aromatic heterocycles. The second-order valence-corrected chi connectivity index (χ2v) is 7.29. The Morgan fingerprint density at radius 3 is 2.23 bits per heavy atom. The van der Waals surface area contributed by atoms with Crippen molar-refractivity contribution in [3.8, 4) is 0 Å². The van der Waals surface area contributed by atoms with E-state index < -0.39 is 12.0 Å². The summed E-state index contributed by atoms with van der Waals surface area (Å²) in [6.45, 7) is 3.68. The average Bonchev–Trinajstić information content (AvgIpc) is 3.13. The average molecular weight is 371 g/mol. The molecular weight excluding hydrogens is 352 g/mol. The number of carbonyl (C=O) groups excluding carboxylic acids is 2. The van der Waals surface area contributed by atoms with Gasteiger partial charge in [0.05, 0.1) is 11.7 Å². The lowest BCUT2D eigenvalue weighted by Gasteiger charge is -2.29. The second-order valence-electron chi connectivity index (χ2n) is 6.85. The number of imide groups is 1. The molecule has 0 saturated carbocycles. The van der Waals surface area contributed by atoms with E-state index in [0.717, 1.165) is 11.3 Å². The Kier molecular flexibility index (Phi) is 4.21. The van der Waals surface area contributed by atoms with Crippen molar-refractivity contribution >= 4 is 29.1 Å². The summed E-state index contributed by atoms with van der Waals surface area (Å²) in [5.41, 5.74) is 1.69. The monoisotopic (exact) mass is 370 g/mol. The normalized spacial score (nSPS) is 25.3. The fraction of sp³-hybridized carbons (Fsp3) is 0.300. The number of benzene rings is 2. The molecule has 2 aliphatic rings. The number of hydrogen-bond donors (Lipinski definition) is 0. The fourth-order valence-corrected chi connectivity index (χ4v) is 3.87. The molecule has 0 bridgehead atoms. The standard InChI is InChI=1S/C20H19ClN2O3/c1-12(2)22-19(24)16-17(13-6-4-3-5-7-13)23(26-18(16)20(22)25)15-10-8-14(21)9-11-15/h3-12,16-18H,1-2H3/t16-,17-,18+/m1/s1. The quantitative estimate of drug-likeness (QED) is 0.775. The van der Waals surface area contributed by atoms with Crippen molar-refractivity contribution < 1.29 is 14.4 Å². The number of anilines is 1. The Morgan fingerprint density at radius 2 is 1.62 bits per heavy atom. The Hall–Kier alpha value is -2.37. The van der Waals surface area contributed by atoms with Crippen LogP contribution in [0.1, 0.15) is 25.5 Å². The Morgan fingerprint density at radius 1 is 0.962 bits per heavy atom. The molecule has 5 nitrogen and oxygen atoms in total. The number of likely N-dealkylation sites (tertiary alicyclic amines) is 1. The maximum atomic E-state index is 13.0. The van der Waals surface area contributed by atoms with Crippen LogP contribution in [0.2, 0.25) is 5.02 Å². The molecule has 0 N–H and O–H groups in total. The molecule has 134 valence electrons. The molecule has 2 aromatic carbocycles. The van der Waals surface area contributed by atoms with Crippen LogP contribution in [-0.2, 0) is 14.4 Å². The van der Waals surface area contributed by atoms with E-state index in [4.69, 9.17) is 16.4 Å². The third kappa shape index (κ3) is 2.59. The highest BCUT2D eigenvalue weighted by Crippen LogP contribution is 2.47. The number of amides is 2. The molecule has 2 amide bonds. The van der Waals surface area contributed by atoms with Crippen LogP contribution in [-0.4, -0.2) is 28.9 Å². The zero-order valence-corrected chi connectivity index (χ0v) is 15.3. The molecule has 0 radical (unpaired) electrons. The molecule has 0 unspecified atom stereocenters. The maximum Gasteiger partial charge on any atom is 0.262 e. The van der Waals surface area contributed by atoms with Gasteiger partial charge in [0, 0.05) is 11.1 Å². The predicted molar refractivity (Wildman–Crippen MR) is 98.5 cm³/mol. The van der Waals surface area contributed by atoms with Crippen molar-refractivity contribution in [3.05, 3.63) is 65.2 Å². The Balaban J connectivity index is 1.79. The zero-order chi connectivity index (χ0) is 18.4. The number of hydroxylamine groups is 1. The van der Waals surface area contributed by atoms with Gasteiger partial charge in [0.1, 0.15) is 5.92 Å². The van der Waals surface area contributed by atoms with Crippen molar-refractivity contribution in [2.24, 2.45) is 5.92 Å². The van der Waals surface area contributed by atoms with Gasteiger partial charge in [-0.25, -0.2) is 5.06 Å². The molecule has 2 aromatic rings. The molecule has 3 atom stereocenters. The van der Waals surface area contributed by atoms with Gasteiger partial charge in [-0.05, 0) is 43.7 Å². The number of rotatable bonds is 3. The van der Waals surface area contributed by atoms with Crippen molar-refractivity contribution in [2.45, 2.75) is 32.0 Å².